The number of halogens is 11. The molecule has 1 N–H and O–H groups in total. The Hall–Kier alpha value is -2.65. The highest BCUT2D eigenvalue weighted by Gasteiger charge is 2.90. The topological polar surface area (TPSA) is 72.6 Å². The van der Waals surface area contributed by atoms with Crippen molar-refractivity contribution >= 4 is 11.8 Å². The Kier molecular flexibility index (Phi) is 5.06. The molecule has 168 valence electrons. The van der Waals surface area contributed by atoms with Gasteiger partial charge in [-0.2, -0.15) is 48.3 Å². The third kappa shape index (κ3) is 3.04. The maximum Gasteiger partial charge on any atom is 0.460 e. The zero-order valence-corrected chi connectivity index (χ0v) is 13.7. The lowest BCUT2D eigenvalue weighted by atomic mass is 9.91. The molecule has 16 heteroatoms. The summed E-state index contributed by atoms with van der Waals surface area (Å²) in [6, 6.07) is 1.65. The summed E-state index contributed by atoms with van der Waals surface area (Å²) in [7, 11) is 0. The molecule has 0 bridgehead atoms. The first kappa shape index (κ1) is 23.6. The number of rotatable bonds is 5. The number of hydrogen-bond donors (Lipinski definition) is 1. The molecule has 0 saturated carbocycles. The van der Waals surface area contributed by atoms with Crippen LogP contribution in [0.2, 0.25) is 0 Å². The van der Waals surface area contributed by atoms with E-state index in [1.165, 1.54) is 0 Å². The van der Waals surface area contributed by atoms with Crippen molar-refractivity contribution in [2.45, 2.75) is 35.7 Å². The van der Waals surface area contributed by atoms with Crippen molar-refractivity contribution in [2.75, 3.05) is 0 Å². The van der Waals surface area contributed by atoms with E-state index in [-0.39, 0.29) is 6.08 Å². The van der Waals surface area contributed by atoms with Gasteiger partial charge in [0.15, 0.2) is 0 Å². The van der Waals surface area contributed by atoms with Gasteiger partial charge in [-0.1, -0.05) is 0 Å². The largest absolute Gasteiger partial charge is 0.460 e. The highest BCUT2D eigenvalue weighted by molar-refractivity contribution is 5.64. The molecular formula is C14H6F11NO4. The van der Waals surface area contributed by atoms with Gasteiger partial charge in [0.25, 0.3) is 11.5 Å². The van der Waals surface area contributed by atoms with Crippen LogP contribution in [-0.2, 0) is 0 Å². The minimum Gasteiger partial charge on any atom is -0.452 e. The molecule has 0 spiro atoms. The van der Waals surface area contributed by atoms with Gasteiger partial charge >= 0.3 is 29.9 Å². The van der Waals surface area contributed by atoms with E-state index in [1.807, 2.05) is 0 Å². The number of nitrogens with zero attached hydrogens (tertiary/aromatic N) is 1. The number of benzene rings is 1. The van der Waals surface area contributed by atoms with Gasteiger partial charge < -0.3 is 9.84 Å². The molecule has 30 heavy (non-hydrogen) atoms. The Bertz CT molecular complexity index is 896. The Balaban J connectivity index is 2.54. The van der Waals surface area contributed by atoms with Crippen molar-refractivity contribution in [3.8, 4) is 5.75 Å². The number of nitro groups is 1. The van der Waals surface area contributed by atoms with Crippen LogP contribution in [0.1, 0.15) is 5.56 Å². The van der Waals surface area contributed by atoms with E-state index in [0.29, 0.717) is 18.2 Å². The third-order valence-corrected chi connectivity index (χ3v) is 3.95. The molecule has 1 aromatic rings. The van der Waals surface area contributed by atoms with Crippen LogP contribution in [0.3, 0.4) is 0 Å². The van der Waals surface area contributed by atoms with Crippen molar-refractivity contribution in [3.05, 3.63) is 40.0 Å². The standard InChI is InChI=1S/C14H6F11NO4/c15-10(16,11(17,18)12(19,20)13(21,22)14(23,24)25)9(27)4-3-6-5-7(26(28)29)1-2-8(6)30-9/h1-5,27H. The summed E-state index contributed by atoms with van der Waals surface area (Å²) in [5.41, 5.74) is -1.18. The van der Waals surface area contributed by atoms with Crippen molar-refractivity contribution in [1.82, 2.24) is 0 Å². The third-order valence-electron chi connectivity index (χ3n) is 3.95. The van der Waals surface area contributed by atoms with Gasteiger partial charge in [-0.15, -0.1) is 0 Å². The molecule has 0 radical (unpaired) electrons. The van der Waals surface area contributed by atoms with E-state index in [2.05, 4.69) is 4.74 Å². The predicted octanol–water partition coefficient (Wildman–Crippen LogP) is 4.79. The molecule has 0 aromatic heterocycles. The second kappa shape index (κ2) is 6.42. The van der Waals surface area contributed by atoms with Gasteiger partial charge in [0.1, 0.15) is 5.75 Å². The van der Waals surface area contributed by atoms with E-state index < -0.39 is 63.7 Å². The molecule has 0 amide bonds. The van der Waals surface area contributed by atoms with Crippen LogP contribution in [0.5, 0.6) is 5.75 Å². The van der Waals surface area contributed by atoms with E-state index in [9.17, 15) is 63.5 Å². The molecule has 0 fully saturated rings. The lowest BCUT2D eigenvalue weighted by molar-refractivity contribution is -0.444. The zero-order valence-electron chi connectivity index (χ0n) is 13.7. The monoisotopic (exact) mass is 461 g/mol. The second-order valence-corrected chi connectivity index (χ2v) is 5.91. The van der Waals surface area contributed by atoms with Gasteiger partial charge in [-0.3, -0.25) is 10.1 Å². The maximum absolute atomic E-state index is 14.1. The number of hydrogen-bond acceptors (Lipinski definition) is 4. The van der Waals surface area contributed by atoms with Gasteiger partial charge in [0, 0.05) is 17.7 Å². The minimum atomic E-state index is -7.73. The number of aliphatic hydroxyl groups is 1. The molecule has 1 atom stereocenters. The van der Waals surface area contributed by atoms with Gasteiger partial charge in [-0.05, 0) is 18.2 Å². The maximum atomic E-state index is 14.1. The number of fused-ring (bicyclic) bond motifs is 1. The van der Waals surface area contributed by atoms with Crippen LogP contribution < -0.4 is 4.74 Å². The first-order chi connectivity index (χ1) is 13.2. The predicted molar refractivity (Wildman–Crippen MR) is 73.6 cm³/mol. The summed E-state index contributed by atoms with van der Waals surface area (Å²) >= 11 is 0. The summed E-state index contributed by atoms with van der Waals surface area (Å²) in [5.74, 6) is -35.5. The van der Waals surface area contributed by atoms with E-state index in [0.717, 1.165) is 0 Å². The molecule has 1 aliphatic rings. The highest BCUT2D eigenvalue weighted by atomic mass is 19.4. The molecule has 1 aromatic carbocycles. The van der Waals surface area contributed by atoms with Crippen LogP contribution in [0.25, 0.3) is 6.08 Å². The fourth-order valence-corrected chi connectivity index (χ4v) is 2.24. The number of non-ortho nitro benzene ring substituents is 1. The molecule has 0 aliphatic carbocycles. The number of alkyl halides is 11. The quantitative estimate of drug-likeness (QED) is 0.389. The number of ether oxygens (including phenoxy) is 1. The van der Waals surface area contributed by atoms with Gasteiger partial charge in [-0.25, -0.2) is 0 Å². The zero-order chi connectivity index (χ0) is 23.6. The van der Waals surface area contributed by atoms with Gasteiger partial charge in [0.2, 0.25) is 0 Å². The SMILES string of the molecule is O=[N+]([O-])c1ccc2c(c1)C=CC(O)(C(F)(F)C(F)(F)C(F)(F)C(F)(F)C(F)(F)F)O2. The summed E-state index contributed by atoms with van der Waals surface area (Å²) in [6.07, 6.45) is -7.54. The minimum absolute atomic E-state index is 0.260. The Morgan fingerprint density at radius 3 is 1.90 bits per heavy atom. The lowest BCUT2D eigenvalue weighted by Crippen LogP contribution is -2.72. The Morgan fingerprint density at radius 1 is 0.900 bits per heavy atom. The van der Waals surface area contributed by atoms with Gasteiger partial charge in [0.05, 0.1) is 4.92 Å². The second-order valence-electron chi connectivity index (χ2n) is 5.91. The Morgan fingerprint density at radius 2 is 1.43 bits per heavy atom. The van der Waals surface area contributed by atoms with E-state index in [4.69, 9.17) is 0 Å². The molecule has 0 saturated heterocycles. The average molecular weight is 461 g/mol. The van der Waals surface area contributed by atoms with Crippen molar-refractivity contribution in [1.29, 1.82) is 0 Å². The van der Waals surface area contributed by atoms with Crippen LogP contribution in [0.15, 0.2) is 24.3 Å². The lowest BCUT2D eigenvalue weighted by Gasteiger charge is -2.43. The van der Waals surface area contributed by atoms with Crippen LogP contribution in [0, 0.1) is 10.1 Å². The molecule has 5 nitrogen and oxygen atoms in total. The van der Waals surface area contributed by atoms with Crippen LogP contribution in [-0.4, -0.2) is 45.7 Å². The number of nitro benzene ring substituents is 1. The van der Waals surface area contributed by atoms with E-state index in [1.54, 1.807) is 0 Å². The summed E-state index contributed by atoms with van der Waals surface area (Å²) in [5, 5.41) is 20.3. The van der Waals surface area contributed by atoms with Crippen LogP contribution in [0.4, 0.5) is 54.0 Å². The smallest absolute Gasteiger partial charge is 0.452 e. The normalized spacial score (nSPS) is 20.5. The van der Waals surface area contributed by atoms with Crippen molar-refractivity contribution in [3.63, 3.8) is 0 Å². The highest BCUT2D eigenvalue weighted by Crippen LogP contribution is 2.60. The first-order valence-electron chi connectivity index (χ1n) is 7.20. The first-order valence-corrected chi connectivity index (χ1v) is 7.20. The van der Waals surface area contributed by atoms with Crippen molar-refractivity contribution in [2.24, 2.45) is 0 Å². The molecule has 2 rings (SSSR count). The fourth-order valence-electron chi connectivity index (χ4n) is 2.24. The Labute approximate surface area is 157 Å². The molecular weight excluding hydrogens is 455 g/mol. The average Bonchev–Trinajstić information content (AvgIpc) is 2.59. The van der Waals surface area contributed by atoms with Crippen molar-refractivity contribution < 1.29 is 63.1 Å². The molecule has 1 heterocycles. The summed E-state index contributed by atoms with van der Waals surface area (Å²) < 4.78 is 149. The summed E-state index contributed by atoms with van der Waals surface area (Å²) in [6.45, 7) is 0. The fraction of sp³-hybridized carbons (Fsp3) is 0.429. The van der Waals surface area contributed by atoms with E-state index >= 15 is 0 Å². The molecule has 1 aliphatic heterocycles. The van der Waals surface area contributed by atoms with Crippen LogP contribution >= 0.6 is 0 Å². The molecule has 1 unspecified atom stereocenters. The summed E-state index contributed by atoms with van der Waals surface area (Å²) in [4.78, 5) is 9.63.